The van der Waals surface area contributed by atoms with Crippen LogP contribution in [0.25, 0.3) is 0 Å². The average Bonchev–Trinajstić information content (AvgIpc) is 2.80. The minimum absolute atomic E-state index is 0.101. The van der Waals surface area contributed by atoms with Crippen LogP contribution >= 0.6 is 0 Å². The van der Waals surface area contributed by atoms with Crippen LogP contribution in [0, 0.1) is 0 Å². The number of hydrogen-bond acceptors (Lipinski definition) is 6. The molecule has 1 heterocycles. The lowest BCUT2D eigenvalue weighted by Crippen LogP contribution is -2.30. The smallest absolute Gasteiger partial charge is 0.261 e. The van der Waals surface area contributed by atoms with Gasteiger partial charge in [-0.15, -0.1) is 0 Å². The number of pyridine rings is 1. The van der Waals surface area contributed by atoms with Crippen molar-refractivity contribution in [3.63, 3.8) is 0 Å². The van der Waals surface area contributed by atoms with Crippen LogP contribution in [0.1, 0.15) is 24.1 Å². The van der Waals surface area contributed by atoms with E-state index >= 15 is 0 Å². The summed E-state index contributed by atoms with van der Waals surface area (Å²) >= 11 is 0. The quantitative estimate of drug-likeness (QED) is 0.312. The summed E-state index contributed by atoms with van der Waals surface area (Å²) in [6.07, 6.45) is 1.52. The summed E-state index contributed by atoms with van der Waals surface area (Å²) in [5.41, 5.74) is 7.32. The molecule has 3 rings (SSSR count). The van der Waals surface area contributed by atoms with Gasteiger partial charge in [0, 0.05) is 23.4 Å². The summed E-state index contributed by atoms with van der Waals surface area (Å²) in [6.45, 7) is 1.58. The van der Waals surface area contributed by atoms with E-state index in [2.05, 4.69) is 15.5 Å². The first-order valence-corrected chi connectivity index (χ1v) is 9.64. The first kappa shape index (κ1) is 21.6. The molecular formula is C23H24N4O4. The summed E-state index contributed by atoms with van der Waals surface area (Å²) in [6, 6.07) is 19.9. The third-order valence-electron chi connectivity index (χ3n) is 4.34. The molecule has 3 aromatic rings. The van der Waals surface area contributed by atoms with Gasteiger partial charge in [-0.3, -0.25) is 4.79 Å². The zero-order valence-corrected chi connectivity index (χ0v) is 17.3. The number of hydrogen-bond donors (Lipinski definition) is 2. The molecule has 1 amide bonds. The second kappa shape index (κ2) is 10.6. The zero-order chi connectivity index (χ0) is 22.1. The molecule has 8 nitrogen and oxygen atoms in total. The highest BCUT2D eigenvalue weighted by molar-refractivity contribution is 5.96. The third-order valence-corrected chi connectivity index (χ3v) is 4.34. The van der Waals surface area contributed by atoms with Gasteiger partial charge in [0.15, 0.2) is 12.4 Å². The monoisotopic (exact) mass is 420 g/mol. The summed E-state index contributed by atoms with van der Waals surface area (Å²) in [5.74, 6) is 1.57. The highest BCUT2D eigenvalue weighted by Gasteiger charge is 2.14. The molecule has 0 aliphatic heterocycles. The average molecular weight is 420 g/mol. The molecule has 3 N–H and O–H groups in total. The van der Waals surface area contributed by atoms with Crippen molar-refractivity contribution in [2.24, 2.45) is 10.9 Å². The van der Waals surface area contributed by atoms with Gasteiger partial charge < -0.3 is 25.4 Å². The molecule has 0 saturated carbocycles. The number of nitrogens with zero attached hydrogens (tertiary/aromatic N) is 2. The summed E-state index contributed by atoms with van der Waals surface area (Å²) in [5, 5.41) is 6.62. The maximum absolute atomic E-state index is 12.1. The summed E-state index contributed by atoms with van der Waals surface area (Å²) < 4.78 is 10.9. The number of aromatic nitrogens is 1. The van der Waals surface area contributed by atoms with E-state index in [-0.39, 0.29) is 24.4 Å². The maximum atomic E-state index is 12.1. The topological polar surface area (TPSA) is 108 Å². The Labute approximate surface area is 180 Å². The Morgan fingerprint density at radius 2 is 1.84 bits per heavy atom. The maximum Gasteiger partial charge on any atom is 0.261 e. The Balaban J connectivity index is 1.50. The number of nitrogens with two attached hydrogens (primary N) is 1. The number of amidine groups is 1. The van der Waals surface area contributed by atoms with Crippen molar-refractivity contribution in [3.8, 4) is 17.4 Å². The van der Waals surface area contributed by atoms with Crippen LogP contribution in [0.5, 0.6) is 17.4 Å². The highest BCUT2D eigenvalue weighted by atomic mass is 16.6. The van der Waals surface area contributed by atoms with Crippen LogP contribution in [0.15, 0.2) is 78.1 Å². The van der Waals surface area contributed by atoms with Gasteiger partial charge in [-0.05, 0) is 31.2 Å². The SMILES string of the molecule is COc1ccccc1C(C)NC(=O)CO/N=C(/N)c1ccc(Oc2ccccc2)nc1. The summed E-state index contributed by atoms with van der Waals surface area (Å²) in [4.78, 5) is 21.4. The van der Waals surface area contributed by atoms with Crippen molar-refractivity contribution >= 4 is 11.7 Å². The Kier molecular flexibility index (Phi) is 7.42. The fraction of sp³-hybridized carbons (Fsp3) is 0.174. The minimum Gasteiger partial charge on any atom is -0.496 e. The largest absolute Gasteiger partial charge is 0.496 e. The number of rotatable bonds is 9. The number of amides is 1. The Bertz CT molecular complexity index is 1020. The third kappa shape index (κ3) is 6.20. The summed E-state index contributed by atoms with van der Waals surface area (Å²) in [7, 11) is 1.59. The van der Waals surface area contributed by atoms with E-state index in [0.29, 0.717) is 22.9 Å². The van der Waals surface area contributed by atoms with Gasteiger partial charge in [0.2, 0.25) is 5.88 Å². The Morgan fingerprint density at radius 3 is 2.55 bits per heavy atom. The van der Waals surface area contributed by atoms with Crippen LogP contribution < -0.4 is 20.5 Å². The van der Waals surface area contributed by atoms with Crippen LogP contribution in [0.3, 0.4) is 0 Å². The number of nitrogens with one attached hydrogen (secondary N) is 1. The molecule has 0 radical (unpaired) electrons. The van der Waals surface area contributed by atoms with Gasteiger partial charge in [-0.2, -0.15) is 0 Å². The van der Waals surface area contributed by atoms with Crippen molar-refractivity contribution in [2.75, 3.05) is 13.7 Å². The lowest BCUT2D eigenvalue weighted by molar-refractivity contribution is -0.126. The first-order chi connectivity index (χ1) is 15.1. The van der Waals surface area contributed by atoms with E-state index in [4.69, 9.17) is 20.0 Å². The number of oxime groups is 1. The minimum atomic E-state index is -0.334. The Morgan fingerprint density at radius 1 is 1.10 bits per heavy atom. The van der Waals surface area contributed by atoms with Crippen molar-refractivity contribution in [1.82, 2.24) is 10.3 Å². The highest BCUT2D eigenvalue weighted by Crippen LogP contribution is 2.24. The van der Waals surface area contributed by atoms with E-state index in [1.54, 1.807) is 19.2 Å². The molecule has 0 bridgehead atoms. The van der Waals surface area contributed by atoms with E-state index in [1.165, 1.54) is 6.20 Å². The van der Waals surface area contributed by atoms with Gasteiger partial charge in [-0.25, -0.2) is 4.98 Å². The lowest BCUT2D eigenvalue weighted by Gasteiger charge is -2.16. The van der Waals surface area contributed by atoms with Crippen LogP contribution in [0.2, 0.25) is 0 Å². The zero-order valence-electron chi connectivity index (χ0n) is 17.3. The van der Waals surface area contributed by atoms with Gasteiger partial charge in [0.25, 0.3) is 5.91 Å². The lowest BCUT2D eigenvalue weighted by atomic mass is 10.1. The second-order valence-electron chi connectivity index (χ2n) is 6.58. The van der Waals surface area contributed by atoms with Crippen molar-refractivity contribution in [1.29, 1.82) is 0 Å². The molecule has 2 aromatic carbocycles. The molecule has 1 aromatic heterocycles. The molecule has 0 spiro atoms. The van der Waals surface area contributed by atoms with Gasteiger partial charge in [0.05, 0.1) is 13.2 Å². The number of carbonyl (C=O) groups excluding carboxylic acids is 1. The van der Waals surface area contributed by atoms with E-state index in [9.17, 15) is 4.79 Å². The number of para-hydroxylation sites is 2. The number of carbonyl (C=O) groups is 1. The number of methoxy groups -OCH3 is 1. The van der Waals surface area contributed by atoms with Crippen molar-refractivity contribution in [2.45, 2.75) is 13.0 Å². The molecule has 1 atom stereocenters. The predicted molar refractivity (Wildman–Crippen MR) is 117 cm³/mol. The normalized spacial score (nSPS) is 12.0. The second-order valence-corrected chi connectivity index (χ2v) is 6.58. The fourth-order valence-corrected chi connectivity index (χ4v) is 2.80. The van der Waals surface area contributed by atoms with Crippen molar-refractivity contribution < 1.29 is 19.1 Å². The van der Waals surface area contributed by atoms with Gasteiger partial charge in [0.1, 0.15) is 11.5 Å². The molecule has 0 fully saturated rings. The van der Waals surface area contributed by atoms with E-state index < -0.39 is 0 Å². The van der Waals surface area contributed by atoms with E-state index in [0.717, 1.165) is 5.56 Å². The standard InChI is InChI=1S/C23H24N4O4/c1-16(19-10-6-7-11-20(19)29-2)26-21(28)15-30-27-23(24)17-12-13-22(25-14-17)31-18-8-4-3-5-9-18/h3-14,16H,15H2,1-2H3,(H2,24,27)(H,26,28). The molecule has 8 heteroatoms. The molecule has 0 aliphatic rings. The molecular weight excluding hydrogens is 396 g/mol. The number of benzene rings is 2. The van der Waals surface area contributed by atoms with Crippen LogP contribution in [0.4, 0.5) is 0 Å². The molecule has 0 saturated heterocycles. The van der Waals surface area contributed by atoms with Crippen LogP contribution in [-0.4, -0.2) is 30.4 Å². The molecule has 160 valence electrons. The first-order valence-electron chi connectivity index (χ1n) is 9.64. The van der Waals surface area contributed by atoms with Crippen LogP contribution in [-0.2, 0) is 9.63 Å². The Hall–Kier alpha value is -4.07. The van der Waals surface area contributed by atoms with Crippen molar-refractivity contribution in [3.05, 3.63) is 84.1 Å². The van der Waals surface area contributed by atoms with Gasteiger partial charge in [-0.1, -0.05) is 41.6 Å². The fourth-order valence-electron chi connectivity index (χ4n) is 2.80. The molecule has 1 unspecified atom stereocenters. The predicted octanol–water partition coefficient (Wildman–Crippen LogP) is 3.40. The van der Waals surface area contributed by atoms with Gasteiger partial charge >= 0.3 is 0 Å². The molecule has 0 aliphatic carbocycles. The molecule has 31 heavy (non-hydrogen) atoms. The van der Waals surface area contributed by atoms with E-state index in [1.807, 2.05) is 61.5 Å². The number of ether oxygens (including phenoxy) is 2.